The molecule has 0 aliphatic rings. The molecule has 1 aromatic carbocycles. The van der Waals surface area contributed by atoms with Crippen molar-refractivity contribution in [3.8, 4) is 12.1 Å². The molecule has 0 aliphatic carbocycles. The first kappa shape index (κ1) is 13.3. The number of allylic oxidation sites excluding steroid dienone is 4. The minimum absolute atomic E-state index is 0.791. The largest absolute Gasteiger partial charge is 0.359 e. The first-order chi connectivity index (χ1) is 8.65. The second kappa shape index (κ2) is 6.78. The van der Waals surface area contributed by atoms with Crippen LogP contribution >= 0.6 is 0 Å². The van der Waals surface area contributed by atoms with E-state index in [1.165, 1.54) is 12.2 Å². The van der Waals surface area contributed by atoms with E-state index in [0.29, 0.717) is 0 Å². The molecule has 0 amide bonds. The third-order valence-corrected chi connectivity index (χ3v) is 2.13. The van der Waals surface area contributed by atoms with Gasteiger partial charge in [0.25, 0.3) is 0 Å². The van der Waals surface area contributed by atoms with Crippen molar-refractivity contribution in [1.82, 2.24) is 0 Å². The Hall–Kier alpha value is -2.72. The molecule has 18 heavy (non-hydrogen) atoms. The number of hydrogen-bond acceptors (Lipinski definition) is 4. The van der Waals surface area contributed by atoms with E-state index in [2.05, 4.69) is 10.6 Å². The van der Waals surface area contributed by atoms with Crippen LogP contribution in [-0.4, -0.2) is 0 Å². The lowest BCUT2D eigenvalue weighted by Crippen LogP contribution is -1.97. The zero-order valence-electron chi connectivity index (χ0n) is 10.4. The van der Waals surface area contributed by atoms with Crippen molar-refractivity contribution in [2.75, 3.05) is 10.6 Å². The van der Waals surface area contributed by atoms with Crippen molar-refractivity contribution in [2.45, 2.75) is 13.8 Å². The van der Waals surface area contributed by atoms with Gasteiger partial charge in [-0.15, -0.1) is 0 Å². The maximum atomic E-state index is 8.50. The van der Waals surface area contributed by atoms with Crippen LogP contribution in [0.4, 0.5) is 11.4 Å². The van der Waals surface area contributed by atoms with E-state index in [0.717, 1.165) is 22.8 Å². The normalized spacial score (nSPS) is 11.3. The maximum Gasteiger partial charge on any atom is 0.0930 e. The van der Waals surface area contributed by atoms with Gasteiger partial charge in [0.2, 0.25) is 0 Å². The summed E-state index contributed by atoms with van der Waals surface area (Å²) in [7, 11) is 0. The molecule has 90 valence electrons. The highest BCUT2D eigenvalue weighted by atomic mass is 14.9. The van der Waals surface area contributed by atoms with Crippen LogP contribution in [0.3, 0.4) is 0 Å². The molecule has 0 radical (unpaired) electrons. The smallest absolute Gasteiger partial charge is 0.0930 e. The van der Waals surface area contributed by atoms with Crippen LogP contribution in [-0.2, 0) is 0 Å². The minimum Gasteiger partial charge on any atom is -0.359 e. The Bertz CT molecular complexity index is 488. The van der Waals surface area contributed by atoms with Crippen LogP contribution in [0.15, 0.2) is 47.8 Å². The van der Waals surface area contributed by atoms with Crippen molar-refractivity contribution in [3.63, 3.8) is 0 Å². The summed E-state index contributed by atoms with van der Waals surface area (Å²) in [5.74, 6) is 0. The summed E-state index contributed by atoms with van der Waals surface area (Å²) in [6.07, 6.45) is 2.90. The highest BCUT2D eigenvalue weighted by Gasteiger charge is 1.95. The molecule has 0 spiro atoms. The highest BCUT2D eigenvalue weighted by molar-refractivity contribution is 5.57. The second-order valence-corrected chi connectivity index (χ2v) is 3.74. The molecule has 0 saturated carbocycles. The number of nitriles is 2. The van der Waals surface area contributed by atoms with Crippen LogP contribution in [0.5, 0.6) is 0 Å². The van der Waals surface area contributed by atoms with Crippen LogP contribution in [0.2, 0.25) is 0 Å². The number of anilines is 2. The number of nitrogens with zero attached hydrogens (tertiary/aromatic N) is 2. The molecule has 0 aromatic heterocycles. The van der Waals surface area contributed by atoms with E-state index >= 15 is 0 Å². The summed E-state index contributed by atoms with van der Waals surface area (Å²) in [6.45, 7) is 3.66. The highest BCUT2D eigenvalue weighted by Crippen LogP contribution is 2.16. The Labute approximate surface area is 107 Å². The van der Waals surface area contributed by atoms with Gasteiger partial charge in [0, 0.05) is 34.9 Å². The Balaban J connectivity index is 2.70. The van der Waals surface area contributed by atoms with Gasteiger partial charge in [0.05, 0.1) is 12.1 Å². The Morgan fingerprint density at radius 1 is 0.889 bits per heavy atom. The molecule has 0 atom stereocenters. The molecule has 0 unspecified atom stereocenters. The lowest BCUT2D eigenvalue weighted by Gasteiger charge is -2.08. The standard InChI is InChI=1S/C14H14N4/c1-11(7-9-15)17-13-3-5-14(6-4-13)18-12(2)8-10-16/h3-8,17-18H,1-2H3. The van der Waals surface area contributed by atoms with Crippen molar-refractivity contribution >= 4 is 11.4 Å². The summed E-state index contributed by atoms with van der Waals surface area (Å²) < 4.78 is 0. The summed E-state index contributed by atoms with van der Waals surface area (Å²) in [5.41, 5.74) is 3.40. The number of nitrogens with one attached hydrogen (secondary N) is 2. The molecule has 0 saturated heterocycles. The second-order valence-electron chi connectivity index (χ2n) is 3.74. The Morgan fingerprint density at radius 2 is 1.22 bits per heavy atom. The van der Waals surface area contributed by atoms with Crippen molar-refractivity contribution in [3.05, 3.63) is 47.8 Å². The van der Waals surface area contributed by atoms with E-state index in [-0.39, 0.29) is 0 Å². The average molecular weight is 238 g/mol. The number of hydrogen-bond donors (Lipinski definition) is 2. The molecule has 4 nitrogen and oxygen atoms in total. The van der Waals surface area contributed by atoms with Gasteiger partial charge < -0.3 is 10.6 Å². The predicted octanol–water partition coefficient (Wildman–Crippen LogP) is 3.37. The lowest BCUT2D eigenvalue weighted by atomic mass is 10.2. The summed E-state index contributed by atoms with van der Waals surface area (Å²) >= 11 is 0. The van der Waals surface area contributed by atoms with Crippen LogP contribution < -0.4 is 10.6 Å². The van der Waals surface area contributed by atoms with Gasteiger partial charge in [-0.25, -0.2) is 0 Å². The van der Waals surface area contributed by atoms with E-state index in [4.69, 9.17) is 10.5 Å². The fraction of sp³-hybridized carbons (Fsp3) is 0.143. The molecule has 0 heterocycles. The molecule has 2 N–H and O–H groups in total. The Kier molecular flexibility index (Phi) is 5.02. The Morgan fingerprint density at radius 3 is 1.50 bits per heavy atom. The summed E-state index contributed by atoms with van der Waals surface area (Å²) in [6, 6.07) is 11.5. The zero-order chi connectivity index (χ0) is 13.4. The van der Waals surface area contributed by atoms with E-state index in [1.54, 1.807) is 0 Å². The van der Waals surface area contributed by atoms with Crippen LogP contribution in [0, 0.1) is 22.7 Å². The van der Waals surface area contributed by atoms with Gasteiger partial charge in [-0.1, -0.05) is 0 Å². The van der Waals surface area contributed by atoms with Gasteiger partial charge in [-0.3, -0.25) is 0 Å². The van der Waals surface area contributed by atoms with E-state index in [9.17, 15) is 0 Å². The van der Waals surface area contributed by atoms with Gasteiger partial charge in [-0.05, 0) is 38.1 Å². The molecular weight excluding hydrogens is 224 g/mol. The van der Waals surface area contributed by atoms with E-state index < -0.39 is 0 Å². The third-order valence-electron chi connectivity index (χ3n) is 2.13. The average Bonchev–Trinajstić information content (AvgIpc) is 2.32. The molecule has 0 bridgehead atoms. The van der Waals surface area contributed by atoms with Gasteiger partial charge in [0.1, 0.15) is 0 Å². The van der Waals surface area contributed by atoms with Crippen molar-refractivity contribution in [1.29, 1.82) is 10.5 Å². The third kappa shape index (κ3) is 4.42. The number of rotatable bonds is 4. The monoisotopic (exact) mass is 238 g/mol. The quantitative estimate of drug-likeness (QED) is 0.789. The molecule has 0 fully saturated rings. The molecule has 4 heteroatoms. The zero-order valence-corrected chi connectivity index (χ0v) is 10.4. The van der Waals surface area contributed by atoms with Crippen molar-refractivity contribution in [2.24, 2.45) is 0 Å². The number of benzene rings is 1. The fourth-order valence-electron chi connectivity index (χ4n) is 1.36. The summed E-state index contributed by atoms with van der Waals surface area (Å²) in [4.78, 5) is 0. The van der Waals surface area contributed by atoms with Crippen LogP contribution in [0.1, 0.15) is 13.8 Å². The summed E-state index contributed by atoms with van der Waals surface area (Å²) in [5, 5.41) is 23.2. The maximum absolute atomic E-state index is 8.50. The van der Waals surface area contributed by atoms with Crippen molar-refractivity contribution < 1.29 is 0 Å². The van der Waals surface area contributed by atoms with Gasteiger partial charge in [0.15, 0.2) is 0 Å². The van der Waals surface area contributed by atoms with E-state index in [1.807, 2.05) is 50.3 Å². The van der Waals surface area contributed by atoms with Crippen LogP contribution in [0.25, 0.3) is 0 Å². The minimum atomic E-state index is 0.791. The fourth-order valence-corrected chi connectivity index (χ4v) is 1.36. The topological polar surface area (TPSA) is 71.6 Å². The SMILES string of the molecule is CC(=CC#N)Nc1ccc(NC(C)=CC#N)cc1. The molecule has 1 aromatic rings. The predicted molar refractivity (Wildman–Crippen MR) is 72.4 cm³/mol. The molecular formula is C14H14N4. The molecule has 0 aliphatic heterocycles. The van der Waals surface area contributed by atoms with Gasteiger partial charge >= 0.3 is 0 Å². The first-order valence-corrected chi connectivity index (χ1v) is 5.42. The molecule has 1 rings (SSSR count). The van der Waals surface area contributed by atoms with Gasteiger partial charge in [-0.2, -0.15) is 10.5 Å². The first-order valence-electron chi connectivity index (χ1n) is 5.42. The lowest BCUT2D eigenvalue weighted by molar-refractivity contribution is 1.35.